The number of carbonyl (C=O) groups excluding carboxylic acids is 2. The van der Waals surface area contributed by atoms with E-state index in [1.807, 2.05) is 25.1 Å². The number of carbonyl (C=O) groups is 2. The Kier molecular flexibility index (Phi) is 6.44. The number of nitrogens with zero attached hydrogens (tertiary/aromatic N) is 2. The molecule has 0 aliphatic heterocycles. The van der Waals surface area contributed by atoms with Gasteiger partial charge in [0.2, 0.25) is 11.8 Å². The zero-order valence-electron chi connectivity index (χ0n) is 16.5. The summed E-state index contributed by atoms with van der Waals surface area (Å²) in [6, 6.07) is 8.70. The van der Waals surface area contributed by atoms with Gasteiger partial charge in [-0.15, -0.1) is 0 Å². The zero-order chi connectivity index (χ0) is 20.0. The standard InChI is InChI=1S/C21H28N4O3/c1-15(22-19(27)17-10-6-5-7-11-17)14-18(26)24-21(12-8-3-4-9-13-21)20-23-16(2)28-25-20/h5-7,10-11,15H,3-4,8-9,12-14H2,1-2H3,(H,22,27)(H,24,26). The summed E-state index contributed by atoms with van der Waals surface area (Å²) in [5, 5.41) is 10.2. The highest BCUT2D eigenvalue weighted by atomic mass is 16.5. The maximum atomic E-state index is 12.8. The van der Waals surface area contributed by atoms with Gasteiger partial charge in [-0.05, 0) is 31.9 Å². The molecule has 1 fully saturated rings. The second-order valence-corrected chi connectivity index (χ2v) is 7.63. The molecule has 0 radical (unpaired) electrons. The van der Waals surface area contributed by atoms with E-state index in [0.29, 0.717) is 17.3 Å². The Labute approximate surface area is 165 Å². The fraction of sp³-hybridized carbons (Fsp3) is 0.524. The topological polar surface area (TPSA) is 97.1 Å². The lowest BCUT2D eigenvalue weighted by Gasteiger charge is -2.31. The molecule has 1 aromatic heterocycles. The van der Waals surface area contributed by atoms with E-state index in [1.165, 1.54) is 0 Å². The van der Waals surface area contributed by atoms with Gasteiger partial charge in [-0.25, -0.2) is 0 Å². The van der Waals surface area contributed by atoms with Crippen molar-refractivity contribution in [1.82, 2.24) is 20.8 Å². The Morgan fingerprint density at radius 1 is 1.14 bits per heavy atom. The van der Waals surface area contributed by atoms with Gasteiger partial charge in [-0.3, -0.25) is 9.59 Å². The van der Waals surface area contributed by atoms with Crippen LogP contribution >= 0.6 is 0 Å². The number of hydrogen-bond acceptors (Lipinski definition) is 5. The van der Waals surface area contributed by atoms with Gasteiger partial charge in [0.05, 0.1) is 0 Å². The minimum absolute atomic E-state index is 0.120. The zero-order valence-corrected chi connectivity index (χ0v) is 16.5. The molecular weight excluding hydrogens is 356 g/mol. The highest BCUT2D eigenvalue weighted by Gasteiger charge is 2.38. The van der Waals surface area contributed by atoms with E-state index in [4.69, 9.17) is 4.52 Å². The summed E-state index contributed by atoms with van der Waals surface area (Å²) in [5.74, 6) is 0.752. The maximum absolute atomic E-state index is 12.8. The van der Waals surface area contributed by atoms with Crippen LogP contribution in [0.25, 0.3) is 0 Å². The Morgan fingerprint density at radius 2 is 1.82 bits per heavy atom. The molecule has 1 unspecified atom stereocenters. The number of aromatic nitrogens is 2. The third kappa shape index (κ3) is 4.97. The summed E-state index contributed by atoms with van der Waals surface area (Å²) in [7, 11) is 0. The average Bonchev–Trinajstić information content (AvgIpc) is 2.98. The van der Waals surface area contributed by atoms with Crippen LogP contribution in [0.3, 0.4) is 0 Å². The van der Waals surface area contributed by atoms with Crippen molar-refractivity contribution in [2.45, 2.75) is 70.4 Å². The van der Waals surface area contributed by atoms with E-state index in [-0.39, 0.29) is 24.3 Å². The van der Waals surface area contributed by atoms with Crippen LogP contribution < -0.4 is 10.6 Å². The first-order valence-electron chi connectivity index (χ1n) is 9.96. The first kappa shape index (κ1) is 20.0. The largest absolute Gasteiger partial charge is 0.349 e. The Bertz CT molecular complexity index is 795. The van der Waals surface area contributed by atoms with Crippen molar-refractivity contribution in [1.29, 1.82) is 0 Å². The number of nitrogens with one attached hydrogen (secondary N) is 2. The van der Waals surface area contributed by atoms with Gasteiger partial charge in [-0.2, -0.15) is 4.98 Å². The smallest absolute Gasteiger partial charge is 0.251 e. The van der Waals surface area contributed by atoms with Gasteiger partial charge in [0.25, 0.3) is 5.91 Å². The van der Waals surface area contributed by atoms with Gasteiger partial charge in [0.1, 0.15) is 5.54 Å². The van der Waals surface area contributed by atoms with Crippen molar-refractivity contribution >= 4 is 11.8 Å². The average molecular weight is 384 g/mol. The summed E-state index contributed by atoms with van der Waals surface area (Å²) in [6.45, 7) is 3.59. The fourth-order valence-corrected chi connectivity index (χ4v) is 3.77. The molecule has 1 aromatic carbocycles. The van der Waals surface area contributed by atoms with Crippen molar-refractivity contribution in [3.63, 3.8) is 0 Å². The molecule has 1 atom stereocenters. The van der Waals surface area contributed by atoms with Crippen molar-refractivity contribution in [2.24, 2.45) is 0 Å². The third-order valence-corrected chi connectivity index (χ3v) is 5.20. The van der Waals surface area contributed by atoms with E-state index in [1.54, 1.807) is 19.1 Å². The predicted octanol–water partition coefficient (Wildman–Crippen LogP) is 3.25. The summed E-state index contributed by atoms with van der Waals surface area (Å²) in [6.07, 6.45) is 6.07. The number of hydrogen-bond donors (Lipinski definition) is 2. The number of rotatable bonds is 6. The van der Waals surface area contributed by atoms with Crippen LogP contribution in [0.2, 0.25) is 0 Å². The van der Waals surface area contributed by atoms with Crippen LogP contribution in [-0.2, 0) is 10.3 Å². The molecule has 1 aliphatic carbocycles. The monoisotopic (exact) mass is 384 g/mol. The van der Waals surface area contributed by atoms with Crippen LogP contribution in [0, 0.1) is 6.92 Å². The summed E-state index contributed by atoms with van der Waals surface area (Å²) in [4.78, 5) is 29.5. The van der Waals surface area contributed by atoms with Gasteiger partial charge in [0.15, 0.2) is 5.82 Å². The molecule has 0 saturated heterocycles. The first-order chi connectivity index (χ1) is 13.5. The molecule has 7 heteroatoms. The van der Waals surface area contributed by atoms with Crippen LogP contribution in [-0.4, -0.2) is 28.0 Å². The molecule has 3 rings (SSSR count). The molecule has 2 N–H and O–H groups in total. The number of aryl methyl sites for hydroxylation is 1. The van der Waals surface area contributed by atoms with Crippen LogP contribution in [0.4, 0.5) is 0 Å². The molecule has 150 valence electrons. The van der Waals surface area contributed by atoms with Crippen molar-refractivity contribution in [2.75, 3.05) is 0 Å². The van der Waals surface area contributed by atoms with Crippen molar-refractivity contribution < 1.29 is 14.1 Å². The second kappa shape index (κ2) is 8.99. The predicted molar refractivity (Wildman–Crippen MR) is 105 cm³/mol. The van der Waals surface area contributed by atoms with Gasteiger partial charge in [0, 0.05) is 24.9 Å². The molecule has 2 amide bonds. The van der Waals surface area contributed by atoms with Crippen molar-refractivity contribution in [3.05, 3.63) is 47.6 Å². The Balaban J connectivity index is 1.64. The minimum atomic E-state index is -0.589. The SMILES string of the molecule is Cc1nc(C2(NC(=O)CC(C)NC(=O)c3ccccc3)CCCCCC2)no1. The summed E-state index contributed by atoms with van der Waals surface area (Å²) >= 11 is 0. The highest BCUT2D eigenvalue weighted by molar-refractivity contribution is 5.94. The van der Waals surface area contributed by atoms with Crippen molar-refractivity contribution in [3.8, 4) is 0 Å². The molecular formula is C21H28N4O3. The fourth-order valence-electron chi connectivity index (χ4n) is 3.77. The Hall–Kier alpha value is -2.70. The van der Waals surface area contributed by atoms with Crippen LogP contribution in [0.5, 0.6) is 0 Å². The lowest BCUT2D eigenvalue weighted by atomic mass is 9.88. The second-order valence-electron chi connectivity index (χ2n) is 7.63. The van der Waals surface area contributed by atoms with E-state index in [0.717, 1.165) is 38.5 Å². The lowest BCUT2D eigenvalue weighted by molar-refractivity contribution is -0.123. The van der Waals surface area contributed by atoms with Gasteiger partial charge in [-0.1, -0.05) is 49.0 Å². The van der Waals surface area contributed by atoms with E-state index in [2.05, 4.69) is 20.8 Å². The van der Waals surface area contributed by atoms with E-state index in [9.17, 15) is 9.59 Å². The molecule has 28 heavy (non-hydrogen) atoms. The van der Waals surface area contributed by atoms with E-state index >= 15 is 0 Å². The molecule has 1 saturated carbocycles. The lowest BCUT2D eigenvalue weighted by Crippen LogP contribution is -2.48. The van der Waals surface area contributed by atoms with Gasteiger partial charge >= 0.3 is 0 Å². The Morgan fingerprint density at radius 3 is 2.43 bits per heavy atom. The molecule has 7 nitrogen and oxygen atoms in total. The number of benzene rings is 1. The molecule has 2 aromatic rings. The molecule has 0 bridgehead atoms. The summed E-state index contributed by atoms with van der Waals surface area (Å²) < 4.78 is 5.18. The molecule has 1 aliphatic rings. The summed E-state index contributed by atoms with van der Waals surface area (Å²) in [5.41, 5.74) is -0.00798. The number of amides is 2. The normalized spacial score (nSPS) is 17.4. The highest BCUT2D eigenvalue weighted by Crippen LogP contribution is 2.34. The quantitative estimate of drug-likeness (QED) is 0.745. The molecule has 1 heterocycles. The third-order valence-electron chi connectivity index (χ3n) is 5.20. The van der Waals surface area contributed by atoms with Gasteiger partial charge < -0.3 is 15.2 Å². The van der Waals surface area contributed by atoms with Crippen LogP contribution in [0.1, 0.15) is 73.9 Å². The first-order valence-corrected chi connectivity index (χ1v) is 9.96. The maximum Gasteiger partial charge on any atom is 0.251 e. The van der Waals surface area contributed by atoms with E-state index < -0.39 is 5.54 Å². The minimum Gasteiger partial charge on any atom is -0.349 e. The van der Waals surface area contributed by atoms with Crippen LogP contribution in [0.15, 0.2) is 34.9 Å². The molecule has 0 spiro atoms.